The Morgan fingerprint density at radius 3 is 2.43 bits per heavy atom. The van der Waals surface area contributed by atoms with Crippen LogP contribution in [-0.2, 0) is 4.79 Å². The van der Waals surface area contributed by atoms with E-state index in [1.165, 1.54) is 5.56 Å². The van der Waals surface area contributed by atoms with Gasteiger partial charge in [0.15, 0.2) is 5.78 Å². The van der Waals surface area contributed by atoms with Crippen molar-refractivity contribution in [1.29, 1.82) is 0 Å². The van der Waals surface area contributed by atoms with E-state index in [1.807, 2.05) is 43.3 Å². The molecule has 2 bridgehead atoms. The number of nitrogens with one attached hydrogen (secondary N) is 2. The number of hydrogen-bond donors (Lipinski definition) is 2. The van der Waals surface area contributed by atoms with Gasteiger partial charge >= 0.3 is 6.03 Å². The van der Waals surface area contributed by atoms with Crippen LogP contribution in [0.15, 0.2) is 42.7 Å². The number of aryl methyl sites for hydroxylation is 2. The number of ether oxygens (including phenoxy) is 1. The molecule has 234 valence electrons. The van der Waals surface area contributed by atoms with Crippen LogP contribution in [0, 0.1) is 25.2 Å². The summed E-state index contributed by atoms with van der Waals surface area (Å²) < 4.78 is 6.42. The zero-order valence-corrected chi connectivity index (χ0v) is 26.7. The van der Waals surface area contributed by atoms with Gasteiger partial charge < -0.3 is 15.0 Å². The van der Waals surface area contributed by atoms with Gasteiger partial charge in [0, 0.05) is 55.0 Å². The number of benzene rings is 1. The summed E-state index contributed by atoms with van der Waals surface area (Å²) in [5.74, 6) is 1.47. The Hall–Kier alpha value is -3.72. The van der Waals surface area contributed by atoms with E-state index in [1.54, 1.807) is 0 Å². The number of pyridine rings is 1. The number of Topliss-reactive ketones (excluding diaryl/α,β-unsaturated/α-hetero) is 1. The number of amides is 2. The van der Waals surface area contributed by atoms with Crippen LogP contribution in [-0.4, -0.2) is 82.2 Å². The molecule has 0 radical (unpaired) electrons. The molecule has 2 aromatic heterocycles. The first kappa shape index (κ1) is 30.3. The van der Waals surface area contributed by atoms with Crippen LogP contribution >= 0.6 is 0 Å². The monoisotopic (exact) mass is 598 g/mol. The lowest BCUT2D eigenvalue weighted by atomic mass is 9.81. The minimum absolute atomic E-state index is 0.0102. The summed E-state index contributed by atoms with van der Waals surface area (Å²) in [5, 5.41) is 11.0. The molecule has 2 amide bonds. The zero-order valence-electron chi connectivity index (χ0n) is 26.7. The predicted molar refractivity (Wildman–Crippen MR) is 171 cm³/mol. The average Bonchev–Trinajstić information content (AvgIpc) is 3.82. The Kier molecular flexibility index (Phi) is 8.51. The highest BCUT2D eigenvalue weighted by molar-refractivity contribution is 5.90. The van der Waals surface area contributed by atoms with Gasteiger partial charge in [-0.2, -0.15) is 0 Å². The number of aromatic nitrogens is 3. The van der Waals surface area contributed by atoms with Gasteiger partial charge in [-0.1, -0.05) is 24.1 Å². The van der Waals surface area contributed by atoms with Crippen molar-refractivity contribution in [3.05, 3.63) is 65.0 Å². The second-order valence-electron chi connectivity index (χ2n) is 13.8. The molecule has 0 saturated carbocycles. The molecule has 3 atom stereocenters. The van der Waals surface area contributed by atoms with E-state index in [9.17, 15) is 9.59 Å². The van der Waals surface area contributed by atoms with E-state index in [0.717, 1.165) is 66.8 Å². The molecule has 3 aliphatic heterocycles. The standard InChI is InChI=1S/C35H46N6O3/c1-22-16-23(2)18-28(17-22)30-29(24(3)19-37-34(43)41-15-10-27(20-41)25-6-11-36-12-7-25)33(39-38-30)44-21-35(4,5)32(42)31-26-8-13-40(31)14-9-26/h6-7,11-12,16-18,24,26-27,31H,8-10,13-15,19-21H2,1-5H3,(H,37,43)(H,38,39)/t24-,27?,31?/m1/s1. The van der Waals surface area contributed by atoms with Gasteiger partial charge in [0.05, 0.1) is 17.2 Å². The number of hydrogen-bond acceptors (Lipinski definition) is 6. The Morgan fingerprint density at radius 1 is 1.07 bits per heavy atom. The number of likely N-dealkylation sites (tertiary alicyclic amines) is 1. The van der Waals surface area contributed by atoms with Crippen molar-refractivity contribution < 1.29 is 14.3 Å². The van der Waals surface area contributed by atoms with Crippen LogP contribution in [0.3, 0.4) is 0 Å². The Balaban J connectivity index is 1.17. The number of rotatable bonds is 10. The molecule has 2 N–H and O–H groups in total. The Morgan fingerprint density at radius 2 is 1.77 bits per heavy atom. The largest absolute Gasteiger partial charge is 0.475 e. The van der Waals surface area contributed by atoms with Crippen LogP contribution in [0.5, 0.6) is 5.88 Å². The summed E-state index contributed by atoms with van der Waals surface area (Å²) in [6, 6.07) is 10.5. The van der Waals surface area contributed by atoms with Crippen molar-refractivity contribution in [3.63, 3.8) is 0 Å². The van der Waals surface area contributed by atoms with Crippen LogP contribution in [0.2, 0.25) is 0 Å². The molecule has 9 nitrogen and oxygen atoms in total. The highest BCUT2D eigenvalue weighted by atomic mass is 16.5. The first-order valence-electron chi connectivity index (χ1n) is 16.1. The molecule has 9 heteroatoms. The average molecular weight is 599 g/mol. The van der Waals surface area contributed by atoms with Gasteiger partial charge in [0.2, 0.25) is 5.88 Å². The van der Waals surface area contributed by atoms with E-state index < -0.39 is 5.41 Å². The van der Waals surface area contributed by atoms with Crippen molar-refractivity contribution in [2.24, 2.45) is 11.3 Å². The molecule has 44 heavy (non-hydrogen) atoms. The van der Waals surface area contributed by atoms with Gasteiger partial charge in [-0.05, 0) is 95.8 Å². The molecule has 3 aromatic rings. The molecule has 3 fully saturated rings. The van der Waals surface area contributed by atoms with Crippen molar-refractivity contribution in [2.75, 3.05) is 39.3 Å². The summed E-state index contributed by atoms with van der Waals surface area (Å²) in [6.45, 7) is 14.4. The van der Waals surface area contributed by atoms with Gasteiger partial charge in [-0.15, -0.1) is 5.10 Å². The normalized spacial score (nSPS) is 23.6. The van der Waals surface area contributed by atoms with E-state index in [4.69, 9.17) is 4.74 Å². The second kappa shape index (κ2) is 12.3. The SMILES string of the molecule is Cc1cc(C)cc(-c2[nH]nc(OCC(C)(C)C(=O)C3C4CCN3CC4)c2[C@H](C)CNC(=O)N2CCC(c3ccncc3)C2)c1. The number of H-pyrrole nitrogens is 1. The fraction of sp³-hybridized carbons (Fsp3) is 0.543. The van der Waals surface area contributed by atoms with E-state index >= 15 is 0 Å². The van der Waals surface area contributed by atoms with Crippen molar-refractivity contribution in [2.45, 2.75) is 71.8 Å². The summed E-state index contributed by atoms with van der Waals surface area (Å²) in [7, 11) is 0. The Bertz CT molecular complexity index is 1460. The minimum atomic E-state index is -0.648. The number of carbonyl (C=O) groups excluding carboxylic acids is 2. The third kappa shape index (κ3) is 6.11. The Labute approximate surface area is 260 Å². The number of urea groups is 1. The van der Waals surface area contributed by atoms with Gasteiger partial charge in [-0.25, -0.2) is 4.79 Å². The zero-order chi connectivity index (χ0) is 31.0. The third-order valence-corrected chi connectivity index (χ3v) is 9.90. The lowest BCUT2D eigenvalue weighted by Crippen LogP contribution is -2.44. The number of ketones is 1. The summed E-state index contributed by atoms with van der Waals surface area (Å²) in [5.41, 5.74) is 5.73. The van der Waals surface area contributed by atoms with Gasteiger partial charge in [0.25, 0.3) is 0 Å². The maximum atomic E-state index is 13.7. The van der Waals surface area contributed by atoms with Crippen molar-refractivity contribution in [1.82, 2.24) is 30.3 Å². The highest BCUT2D eigenvalue weighted by Gasteiger charge is 2.48. The highest BCUT2D eigenvalue weighted by Crippen LogP contribution is 2.40. The molecule has 1 aromatic carbocycles. The number of carbonyl (C=O) groups is 2. The topological polar surface area (TPSA) is 103 Å². The van der Waals surface area contributed by atoms with Crippen LogP contribution in [0.25, 0.3) is 11.3 Å². The molecule has 3 aliphatic rings. The van der Waals surface area contributed by atoms with Crippen molar-refractivity contribution >= 4 is 11.8 Å². The number of aromatic amines is 1. The lowest BCUT2D eigenvalue weighted by Gasteiger charge is -2.29. The van der Waals surface area contributed by atoms with Crippen LogP contribution in [0.4, 0.5) is 4.79 Å². The minimum Gasteiger partial charge on any atom is -0.475 e. The van der Waals surface area contributed by atoms with E-state index in [2.05, 4.69) is 64.4 Å². The fourth-order valence-electron chi connectivity index (χ4n) is 7.46. The summed E-state index contributed by atoms with van der Waals surface area (Å²) in [4.78, 5) is 35.3. The number of fused-ring (bicyclic) bond motifs is 2. The number of piperidine rings is 1. The van der Waals surface area contributed by atoms with Gasteiger partial charge in [0.1, 0.15) is 6.61 Å². The van der Waals surface area contributed by atoms with Crippen LogP contribution in [0.1, 0.15) is 74.1 Å². The fourth-order valence-corrected chi connectivity index (χ4v) is 7.46. The number of nitrogens with zero attached hydrogens (tertiary/aromatic N) is 4. The summed E-state index contributed by atoms with van der Waals surface area (Å²) >= 11 is 0. The van der Waals surface area contributed by atoms with E-state index in [-0.39, 0.29) is 30.4 Å². The third-order valence-electron chi connectivity index (χ3n) is 9.90. The summed E-state index contributed by atoms with van der Waals surface area (Å²) in [6.07, 6.45) is 6.79. The van der Waals surface area contributed by atoms with Crippen molar-refractivity contribution in [3.8, 4) is 17.1 Å². The first-order chi connectivity index (χ1) is 21.1. The van der Waals surface area contributed by atoms with Gasteiger partial charge in [-0.3, -0.25) is 19.8 Å². The second-order valence-corrected chi connectivity index (χ2v) is 13.8. The maximum absolute atomic E-state index is 13.7. The molecule has 2 unspecified atom stereocenters. The first-order valence-corrected chi connectivity index (χ1v) is 16.1. The molecule has 5 heterocycles. The quantitative estimate of drug-likeness (QED) is 0.321. The molecular weight excluding hydrogens is 552 g/mol. The predicted octanol–water partition coefficient (Wildman–Crippen LogP) is 5.46. The lowest BCUT2D eigenvalue weighted by molar-refractivity contribution is -0.133. The maximum Gasteiger partial charge on any atom is 0.317 e. The molecule has 0 spiro atoms. The molecule has 0 aliphatic carbocycles. The van der Waals surface area contributed by atoms with E-state index in [0.29, 0.717) is 30.8 Å². The molecular formula is C35H46N6O3. The van der Waals surface area contributed by atoms with Crippen LogP contribution < -0.4 is 10.1 Å². The molecule has 3 saturated heterocycles. The smallest absolute Gasteiger partial charge is 0.317 e. The molecule has 6 rings (SSSR count).